The second-order valence-electron chi connectivity index (χ2n) is 8.24. The molecule has 0 unspecified atom stereocenters. The summed E-state index contributed by atoms with van der Waals surface area (Å²) in [5, 5.41) is 17.2. The normalized spacial score (nSPS) is 14.5. The molecule has 0 bridgehead atoms. The number of morpholine rings is 1. The number of ether oxygens (including phenoxy) is 2. The number of rotatable bonds is 7. The van der Waals surface area contributed by atoms with Crippen LogP contribution < -0.4 is 10.1 Å². The van der Waals surface area contributed by atoms with Gasteiger partial charge in [0.1, 0.15) is 18.8 Å². The predicted octanol–water partition coefficient (Wildman–Crippen LogP) is 4.83. The number of thiophene rings is 1. The fourth-order valence-electron chi connectivity index (χ4n) is 4.32. The van der Waals surface area contributed by atoms with Gasteiger partial charge < -0.3 is 14.8 Å². The lowest BCUT2D eigenvalue weighted by molar-refractivity contribution is 0.0320. The maximum atomic E-state index is 15.4. The van der Waals surface area contributed by atoms with Crippen molar-refractivity contribution in [3.8, 4) is 17.1 Å². The van der Waals surface area contributed by atoms with Crippen LogP contribution in [0, 0.1) is 5.82 Å². The number of para-hydroxylation sites is 1. The summed E-state index contributed by atoms with van der Waals surface area (Å²) in [4.78, 5) is 11.4. The number of hydrogen-bond acceptors (Lipinski definition) is 8. The van der Waals surface area contributed by atoms with Gasteiger partial charge in [0.2, 0.25) is 0 Å². The first-order valence-corrected chi connectivity index (χ1v) is 12.3. The molecule has 35 heavy (non-hydrogen) atoms. The highest BCUT2D eigenvalue weighted by Gasteiger charge is 2.17. The Morgan fingerprint density at radius 2 is 1.94 bits per heavy atom. The molecule has 0 saturated carbocycles. The van der Waals surface area contributed by atoms with E-state index < -0.39 is 5.82 Å². The first-order chi connectivity index (χ1) is 17.3. The van der Waals surface area contributed by atoms with Crippen LogP contribution in [0.2, 0.25) is 0 Å². The van der Waals surface area contributed by atoms with Crippen molar-refractivity contribution in [1.29, 1.82) is 0 Å². The molecule has 178 valence electrons. The number of aromatic amines is 1. The number of nitrogens with zero attached hydrogens (tertiary/aromatic N) is 4. The van der Waals surface area contributed by atoms with Crippen LogP contribution in [0.3, 0.4) is 0 Å². The van der Waals surface area contributed by atoms with Crippen molar-refractivity contribution in [3.63, 3.8) is 0 Å². The molecule has 0 amide bonds. The molecule has 5 aromatic rings. The molecule has 2 aromatic carbocycles. The minimum Gasteiger partial charge on any atom is -0.489 e. The van der Waals surface area contributed by atoms with E-state index in [1.807, 2.05) is 23.6 Å². The summed E-state index contributed by atoms with van der Waals surface area (Å²) >= 11 is 1.58. The van der Waals surface area contributed by atoms with Crippen molar-refractivity contribution in [1.82, 2.24) is 25.1 Å². The molecule has 2 N–H and O–H groups in total. The van der Waals surface area contributed by atoms with Gasteiger partial charge in [0.25, 0.3) is 0 Å². The van der Waals surface area contributed by atoms with E-state index >= 15 is 4.39 Å². The van der Waals surface area contributed by atoms with Gasteiger partial charge in [0.05, 0.1) is 24.4 Å². The van der Waals surface area contributed by atoms with Crippen LogP contribution in [0.5, 0.6) is 5.75 Å². The summed E-state index contributed by atoms with van der Waals surface area (Å²) in [7, 11) is 0. The molecule has 0 aliphatic carbocycles. The number of nitrogens with one attached hydrogen (secondary N) is 2. The third kappa shape index (κ3) is 4.31. The Hall–Kier alpha value is -3.60. The number of H-pyrrole nitrogens is 1. The van der Waals surface area contributed by atoms with Crippen LogP contribution in [0.15, 0.2) is 53.5 Å². The van der Waals surface area contributed by atoms with Crippen LogP contribution in [-0.4, -0.2) is 64.5 Å². The number of aromatic nitrogens is 4. The average molecular weight is 491 g/mol. The minimum absolute atomic E-state index is 0.216. The van der Waals surface area contributed by atoms with Crippen LogP contribution in [0.1, 0.15) is 0 Å². The van der Waals surface area contributed by atoms with E-state index in [9.17, 15) is 0 Å². The van der Waals surface area contributed by atoms with Crippen molar-refractivity contribution < 1.29 is 13.9 Å². The quantitative estimate of drug-likeness (QED) is 0.338. The fraction of sp³-hybridized carbons (Fsp3) is 0.240. The summed E-state index contributed by atoms with van der Waals surface area (Å²) in [5.74, 6) is 0.979. The zero-order valence-corrected chi connectivity index (χ0v) is 19.6. The summed E-state index contributed by atoms with van der Waals surface area (Å²) in [6, 6.07) is 11.1. The smallest absolute Gasteiger partial charge is 0.188 e. The summed E-state index contributed by atoms with van der Waals surface area (Å²) in [6.07, 6.45) is 1.47. The van der Waals surface area contributed by atoms with E-state index in [0.717, 1.165) is 60.1 Å². The third-order valence-electron chi connectivity index (χ3n) is 6.12. The average Bonchev–Trinajstić information content (AvgIpc) is 3.60. The number of hydrogen-bond donors (Lipinski definition) is 2. The molecule has 3 aromatic heterocycles. The van der Waals surface area contributed by atoms with E-state index in [4.69, 9.17) is 14.5 Å². The van der Waals surface area contributed by atoms with Gasteiger partial charge in [-0.3, -0.25) is 10.00 Å². The Balaban J connectivity index is 1.31. The summed E-state index contributed by atoms with van der Waals surface area (Å²) in [6.45, 7) is 4.32. The van der Waals surface area contributed by atoms with Crippen molar-refractivity contribution >= 4 is 44.5 Å². The van der Waals surface area contributed by atoms with Crippen LogP contribution in [-0.2, 0) is 4.74 Å². The number of pyridine rings is 1. The highest BCUT2D eigenvalue weighted by atomic mass is 32.1. The Kier molecular flexibility index (Phi) is 5.99. The van der Waals surface area contributed by atoms with E-state index in [2.05, 4.69) is 30.8 Å². The molecule has 0 radical (unpaired) electrons. The second-order valence-corrected chi connectivity index (χ2v) is 8.98. The van der Waals surface area contributed by atoms with E-state index in [1.54, 1.807) is 29.5 Å². The summed E-state index contributed by atoms with van der Waals surface area (Å²) in [5.41, 5.74) is 1.90. The number of anilines is 2. The molecule has 1 aliphatic rings. The Morgan fingerprint density at radius 1 is 1.09 bits per heavy atom. The zero-order chi connectivity index (χ0) is 23.6. The number of fused-ring (bicyclic) bond motifs is 3. The molecular formula is C25H23FN6O2S. The molecule has 0 atom stereocenters. The van der Waals surface area contributed by atoms with Gasteiger partial charge in [0, 0.05) is 46.7 Å². The van der Waals surface area contributed by atoms with Crippen molar-refractivity contribution in [2.24, 2.45) is 0 Å². The van der Waals surface area contributed by atoms with Gasteiger partial charge in [-0.05, 0) is 23.6 Å². The van der Waals surface area contributed by atoms with Gasteiger partial charge in [-0.25, -0.2) is 14.4 Å². The van der Waals surface area contributed by atoms with E-state index in [-0.39, 0.29) is 5.75 Å². The molecule has 0 spiro atoms. The lowest BCUT2D eigenvalue weighted by atomic mass is 10.1. The molecule has 1 aliphatic heterocycles. The second kappa shape index (κ2) is 9.57. The Morgan fingerprint density at radius 3 is 2.80 bits per heavy atom. The van der Waals surface area contributed by atoms with Gasteiger partial charge in [-0.1, -0.05) is 18.2 Å². The first kappa shape index (κ1) is 21.9. The molecular weight excluding hydrogens is 467 g/mol. The third-order valence-corrected chi connectivity index (χ3v) is 6.87. The molecule has 4 heterocycles. The van der Waals surface area contributed by atoms with Crippen molar-refractivity contribution in [2.45, 2.75) is 0 Å². The summed E-state index contributed by atoms with van der Waals surface area (Å²) < 4.78 is 26.6. The number of halogens is 1. The fourth-order valence-corrected chi connectivity index (χ4v) is 5.15. The van der Waals surface area contributed by atoms with Gasteiger partial charge in [-0.15, -0.1) is 0 Å². The maximum Gasteiger partial charge on any atom is 0.188 e. The number of benzene rings is 2. The Labute approximate surface area is 204 Å². The lowest BCUT2D eigenvalue weighted by Gasteiger charge is -2.26. The zero-order valence-electron chi connectivity index (χ0n) is 18.8. The maximum absolute atomic E-state index is 15.4. The Bertz CT molecular complexity index is 1470. The van der Waals surface area contributed by atoms with Gasteiger partial charge in [0.15, 0.2) is 17.4 Å². The molecule has 8 nitrogen and oxygen atoms in total. The first-order valence-electron chi connectivity index (χ1n) is 11.4. The molecule has 1 fully saturated rings. The highest BCUT2D eigenvalue weighted by molar-refractivity contribution is 7.09. The predicted molar refractivity (Wildman–Crippen MR) is 135 cm³/mol. The minimum atomic E-state index is -0.441. The van der Waals surface area contributed by atoms with Gasteiger partial charge >= 0.3 is 0 Å². The highest BCUT2D eigenvalue weighted by Crippen LogP contribution is 2.37. The molecule has 10 heteroatoms. The molecule has 6 rings (SSSR count). The van der Waals surface area contributed by atoms with Crippen LogP contribution in [0.25, 0.3) is 33.1 Å². The standard InChI is InChI=1S/C25H23FN6O2S/c26-22-20(5-2-6-21(22)34-12-9-32-7-10-33-11-8-32)29-25-19-14-35-13-18(19)16-3-1-4-17(23(16)30-25)24-27-15-28-31-24/h1-6,13-15H,7-12H2,(H,29,30)(H,27,28,31). The van der Waals surface area contributed by atoms with Gasteiger partial charge in [-0.2, -0.15) is 16.4 Å². The molecule has 1 saturated heterocycles. The SMILES string of the molecule is Fc1c(Nc2nc3c(-c4ncn[nH]4)cccc3c3cscc23)cccc1OCCN1CCOCC1. The van der Waals surface area contributed by atoms with E-state index in [1.165, 1.54) is 6.33 Å². The monoisotopic (exact) mass is 490 g/mol. The van der Waals surface area contributed by atoms with Crippen LogP contribution >= 0.6 is 11.3 Å². The van der Waals surface area contributed by atoms with E-state index in [0.29, 0.717) is 23.9 Å². The largest absolute Gasteiger partial charge is 0.489 e. The topological polar surface area (TPSA) is 88.2 Å². The van der Waals surface area contributed by atoms with Crippen LogP contribution in [0.4, 0.5) is 15.9 Å². The lowest BCUT2D eigenvalue weighted by Crippen LogP contribution is -2.38. The van der Waals surface area contributed by atoms with Crippen molar-refractivity contribution in [2.75, 3.05) is 44.8 Å². The van der Waals surface area contributed by atoms with Crippen molar-refractivity contribution in [3.05, 3.63) is 59.3 Å².